The molecule has 0 aromatic carbocycles. The minimum absolute atomic E-state index is 0.459. The van der Waals surface area contributed by atoms with E-state index in [-0.39, 0.29) is 0 Å². The predicted octanol–water partition coefficient (Wildman–Crippen LogP) is 0.747. The first-order chi connectivity index (χ1) is 6.80. The van der Waals surface area contributed by atoms with Gasteiger partial charge in [0.05, 0.1) is 0 Å². The Kier molecular flexibility index (Phi) is 2.78. The van der Waals surface area contributed by atoms with E-state index in [1.807, 2.05) is 5.32 Å². The van der Waals surface area contributed by atoms with Gasteiger partial charge in [-0.3, -0.25) is 4.79 Å². The quantitative estimate of drug-likeness (QED) is 0.734. The van der Waals surface area contributed by atoms with Gasteiger partial charge in [-0.25, -0.2) is 4.79 Å². The monoisotopic (exact) mass is 221 g/mol. The highest BCUT2D eigenvalue weighted by molar-refractivity contribution is 5.88. The summed E-state index contributed by atoms with van der Waals surface area (Å²) in [5.41, 5.74) is -2.16. The summed E-state index contributed by atoms with van der Waals surface area (Å²) in [5, 5.41) is 1.83. The molecule has 0 saturated heterocycles. The molecular weight excluding hydrogens is 215 g/mol. The minimum atomic E-state index is -4.69. The van der Waals surface area contributed by atoms with Gasteiger partial charge in [-0.15, -0.1) is 0 Å². The van der Waals surface area contributed by atoms with Crippen LogP contribution in [0.5, 0.6) is 0 Å². The average Bonchev–Trinajstić information content (AvgIpc) is 1.99. The van der Waals surface area contributed by atoms with Gasteiger partial charge >= 0.3 is 11.9 Å². The first kappa shape index (κ1) is 11.2. The van der Waals surface area contributed by atoms with Crippen LogP contribution in [0.15, 0.2) is 11.0 Å². The summed E-state index contributed by atoms with van der Waals surface area (Å²) >= 11 is 0. The number of anilines is 1. The number of carbonyl (C=O) groups is 1. The summed E-state index contributed by atoms with van der Waals surface area (Å²) in [6.07, 6.45) is -4.23. The second-order valence-electron chi connectivity index (χ2n) is 2.65. The molecule has 0 bridgehead atoms. The Hall–Kier alpha value is -1.86. The van der Waals surface area contributed by atoms with Gasteiger partial charge in [0.15, 0.2) is 5.82 Å². The van der Waals surface area contributed by atoms with E-state index in [2.05, 4.69) is 4.98 Å². The van der Waals surface area contributed by atoms with Crippen molar-refractivity contribution >= 4 is 11.7 Å². The fraction of sp³-hybridized carbons (Fsp3) is 0.286. The number of aromatic nitrogens is 2. The molecule has 0 spiro atoms. The Labute approximate surface area is 81.3 Å². The number of nitrogens with one attached hydrogen (secondary N) is 2. The van der Waals surface area contributed by atoms with Gasteiger partial charge in [0.25, 0.3) is 0 Å². The van der Waals surface area contributed by atoms with Crippen LogP contribution in [0.1, 0.15) is 12.5 Å². The van der Waals surface area contributed by atoms with Crippen molar-refractivity contribution in [1.29, 1.82) is 0 Å². The molecule has 15 heavy (non-hydrogen) atoms. The summed E-state index contributed by atoms with van der Waals surface area (Å²) in [4.78, 5) is 26.0. The lowest BCUT2D eigenvalue weighted by molar-refractivity contribution is -0.137. The molecule has 1 heterocycles. The normalized spacial score (nSPS) is 11.2. The fourth-order valence-electron chi connectivity index (χ4n) is 0.874. The summed E-state index contributed by atoms with van der Waals surface area (Å²) in [6.45, 7) is 1.02. The molecule has 1 rings (SSSR count). The molecule has 0 fully saturated rings. The van der Waals surface area contributed by atoms with E-state index in [1.165, 1.54) is 0 Å². The highest BCUT2D eigenvalue weighted by Gasteiger charge is 2.35. The van der Waals surface area contributed by atoms with Crippen LogP contribution >= 0.6 is 0 Å². The maximum absolute atomic E-state index is 12.3. The van der Waals surface area contributed by atoms with E-state index in [0.29, 0.717) is 6.20 Å². The zero-order chi connectivity index (χ0) is 11.6. The molecule has 1 amide bonds. The number of H-pyrrole nitrogens is 1. The maximum atomic E-state index is 12.3. The van der Waals surface area contributed by atoms with Gasteiger partial charge in [0, 0.05) is 13.1 Å². The molecule has 0 saturated carbocycles. The second kappa shape index (κ2) is 3.71. The van der Waals surface area contributed by atoms with Crippen molar-refractivity contribution in [2.45, 2.75) is 13.1 Å². The van der Waals surface area contributed by atoms with Crippen LogP contribution in [0, 0.1) is 0 Å². The third kappa shape index (κ3) is 2.79. The Balaban J connectivity index is 3.26. The Bertz CT molecular complexity index is 438. The average molecular weight is 221 g/mol. The van der Waals surface area contributed by atoms with E-state index in [9.17, 15) is 22.8 Å². The van der Waals surface area contributed by atoms with Crippen LogP contribution in [0.25, 0.3) is 0 Å². The van der Waals surface area contributed by atoms with Gasteiger partial charge in [0.2, 0.25) is 5.91 Å². The van der Waals surface area contributed by atoms with Crippen molar-refractivity contribution in [3.63, 3.8) is 0 Å². The van der Waals surface area contributed by atoms with Crippen LogP contribution in [0.2, 0.25) is 0 Å². The third-order valence-electron chi connectivity index (χ3n) is 1.41. The topological polar surface area (TPSA) is 74.8 Å². The second-order valence-corrected chi connectivity index (χ2v) is 2.65. The van der Waals surface area contributed by atoms with E-state index in [1.54, 1.807) is 4.98 Å². The summed E-state index contributed by atoms with van der Waals surface area (Å²) in [5.74, 6) is -1.53. The third-order valence-corrected chi connectivity index (χ3v) is 1.41. The van der Waals surface area contributed by atoms with Crippen molar-refractivity contribution in [3.05, 3.63) is 22.2 Å². The number of hydrogen-bond acceptors (Lipinski definition) is 3. The van der Waals surface area contributed by atoms with Gasteiger partial charge < -0.3 is 10.3 Å². The van der Waals surface area contributed by atoms with Crippen LogP contribution in [-0.2, 0) is 11.0 Å². The zero-order valence-electron chi connectivity index (χ0n) is 7.47. The van der Waals surface area contributed by atoms with Crippen molar-refractivity contribution in [2.24, 2.45) is 0 Å². The van der Waals surface area contributed by atoms with Gasteiger partial charge in [-0.1, -0.05) is 0 Å². The predicted molar refractivity (Wildman–Crippen MR) is 44.2 cm³/mol. The van der Waals surface area contributed by atoms with Crippen molar-refractivity contribution in [3.8, 4) is 0 Å². The molecule has 0 aliphatic carbocycles. The summed E-state index contributed by atoms with van der Waals surface area (Å²) in [7, 11) is 0. The molecule has 0 aliphatic heterocycles. The lowest BCUT2D eigenvalue weighted by atomic mass is 10.3. The summed E-state index contributed by atoms with van der Waals surface area (Å²) in [6, 6.07) is 0. The van der Waals surface area contributed by atoms with Gasteiger partial charge in [0.1, 0.15) is 5.56 Å². The molecule has 0 unspecified atom stereocenters. The number of carbonyl (C=O) groups excluding carboxylic acids is 1. The molecule has 1 aromatic rings. The van der Waals surface area contributed by atoms with Crippen LogP contribution < -0.4 is 11.0 Å². The van der Waals surface area contributed by atoms with E-state index >= 15 is 0 Å². The van der Waals surface area contributed by atoms with Crippen LogP contribution in [0.3, 0.4) is 0 Å². The SMILES string of the molecule is CC(=O)Nc1nc(=O)[nH]cc1C(F)(F)F. The molecule has 2 N–H and O–H groups in total. The number of nitrogens with zero attached hydrogens (tertiary/aromatic N) is 1. The number of rotatable bonds is 1. The lowest BCUT2D eigenvalue weighted by Gasteiger charge is -2.10. The Morgan fingerprint density at radius 1 is 1.53 bits per heavy atom. The van der Waals surface area contributed by atoms with Gasteiger partial charge in [-0.05, 0) is 0 Å². The number of amides is 1. The molecule has 82 valence electrons. The molecule has 5 nitrogen and oxygen atoms in total. The molecule has 8 heteroatoms. The largest absolute Gasteiger partial charge is 0.421 e. The number of alkyl halides is 3. The lowest BCUT2D eigenvalue weighted by Crippen LogP contribution is -2.21. The minimum Gasteiger partial charge on any atom is -0.312 e. The van der Waals surface area contributed by atoms with Crippen molar-refractivity contribution < 1.29 is 18.0 Å². The Morgan fingerprint density at radius 3 is 2.60 bits per heavy atom. The number of hydrogen-bond donors (Lipinski definition) is 2. The maximum Gasteiger partial charge on any atom is 0.421 e. The highest BCUT2D eigenvalue weighted by Crippen LogP contribution is 2.32. The number of aromatic amines is 1. The van der Waals surface area contributed by atoms with E-state index < -0.39 is 29.2 Å². The van der Waals surface area contributed by atoms with Gasteiger partial charge in [-0.2, -0.15) is 18.2 Å². The smallest absolute Gasteiger partial charge is 0.312 e. The Morgan fingerprint density at radius 2 is 2.13 bits per heavy atom. The molecular formula is C7H6F3N3O2. The van der Waals surface area contributed by atoms with Crippen LogP contribution in [0.4, 0.5) is 19.0 Å². The standard InChI is InChI=1S/C7H6F3N3O2/c1-3(14)12-5-4(7(8,9)10)2-11-6(15)13-5/h2H,1H3,(H2,11,12,13,14,15). The van der Waals surface area contributed by atoms with E-state index in [0.717, 1.165) is 6.92 Å². The summed E-state index contributed by atoms with van der Waals surface area (Å²) < 4.78 is 37.0. The van der Waals surface area contributed by atoms with Crippen LogP contribution in [-0.4, -0.2) is 15.9 Å². The molecule has 0 atom stereocenters. The molecule has 0 aliphatic rings. The number of halogens is 3. The highest BCUT2D eigenvalue weighted by atomic mass is 19.4. The van der Waals surface area contributed by atoms with Crippen molar-refractivity contribution in [1.82, 2.24) is 9.97 Å². The fourth-order valence-corrected chi connectivity index (χ4v) is 0.874. The first-order valence-corrected chi connectivity index (χ1v) is 3.75. The first-order valence-electron chi connectivity index (χ1n) is 3.75. The van der Waals surface area contributed by atoms with E-state index in [4.69, 9.17) is 0 Å². The zero-order valence-corrected chi connectivity index (χ0v) is 7.47. The molecule has 1 aromatic heterocycles. The van der Waals surface area contributed by atoms with Crippen molar-refractivity contribution in [2.75, 3.05) is 5.32 Å². The molecule has 0 radical (unpaired) electrons.